The Morgan fingerprint density at radius 1 is 1.33 bits per heavy atom. The van der Waals surface area contributed by atoms with Gasteiger partial charge in [-0.05, 0) is 18.6 Å². The minimum Gasteiger partial charge on any atom is -0.491 e. The second-order valence-corrected chi connectivity index (χ2v) is 4.10. The summed E-state index contributed by atoms with van der Waals surface area (Å²) in [5.74, 6) is 1.74. The Kier molecular flexibility index (Phi) is 3.87. The summed E-state index contributed by atoms with van der Waals surface area (Å²) in [7, 11) is 0. The molecule has 4 heteroatoms. The van der Waals surface area contributed by atoms with Gasteiger partial charge in [0.1, 0.15) is 11.6 Å². The van der Waals surface area contributed by atoms with Crippen molar-refractivity contribution in [1.29, 1.82) is 0 Å². The van der Waals surface area contributed by atoms with E-state index in [1.165, 1.54) is 0 Å². The highest BCUT2D eigenvalue weighted by molar-refractivity contribution is 5.66. The largest absolute Gasteiger partial charge is 0.491 e. The zero-order chi connectivity index (χ0) is 13.0. The molecule has 0 saturated heterocycles. The molecule has 2 rings (SSSR count). The molecule has 1 heterocycles. The summed E-state index contributed by atoms with van der Waals surface area (Å²) in [6.45, 7) is 4.83. The van der Waals surface area contributed by atoms with E-state index in [4.69, 9.17) is 10.5 Å². The molecule has 0 aliphatic carbocycles. The highest BCUT2D eigenvalue weighted by Gasteiger charge is 2.10. The Morgan fingerprint density at radius 2 is 2.17 bits per heavy atom. The number of para-hydroxylation sites is 1. The number of aryl methyl sites for hydroxylation is 1. The van der Waals surface area contributed by atoms with Crippen molar-refractivity contribution >= 4 is 5.69 Å². The number of nitrogens with two attached hydrogens (primary N) is 1. The van der Waals surface area contributed by atoms with Gasteiger partial charge >= 0.3 is 0 Å². The maximum Gasteiger partial charge on any atom is 0.144 e. The first-order chi connectivity index (χ1) is 8.77. The lowest BCUT2D eigenvalue weighted by molar-refractivity contribution is 0.319. The number of hydrogen-bond acceptors (Lipinski definition) is 3. The molecule has 4 nitrogen and oxygen atoms in total. The van der Waals surface area contributed by atoms with Crippen LogP contribution in [0.15, 0.2) is 30.6 Å². The van der Waals surface area contributed by atoms with Crippen molar-refractivity contribution in [2.45, 2.75) is 26.7 Å². The van der Waals surface area contributed by atoms with E-state index in [1.807, 2.05) is 29.0 Å². The molecule has 0 fully saturated rings. The number of anilines is 1. The number of nitrogens with zero attached hydrogens (tertiary/aromatic N) is 2. The normalized spacial score (nSPS) is 10.6. The molecule has 1 aromatic heterocycles. The fourth-order valence-corrected chi connectivity index (χ4v) is 1.90. The molecule has 2 aromatic rings. The third kappa shape index (κ3) is 2.32. The molecular formula is C14H19N3O. The Balaban J connectivity index is 2.39. The average Bonchev–Trinajstić information content (AvgIpc) is 2.85. The number of aromatic nitrogens is 2. The van der Waals surface area contributed by atoms with Crippen molar-refractivity contribution in [3.63, 3.8) is 0 Å². The van der Waals surface area contributed by atoms with Gasteiger partial charge in [-0.25, -0.2) is 4.98 Å². The maximum absolute atomic E-state index is 6.17. The van der Waals surface area contributed by atoms with Crippen molar-refractivity contribution in [3.8, 4) is 11.4 Å². The Labute approximate surface area is 107 Å². The topological polar surface area (TPSA) is 53.1 Å². The van der Waals surface area contributed by atoms with Gasteiger partial charge in [-0.15, -0.1) is 0 Å². The summed E-state index contributed by atoms with van der Waals surface area (Å²) in [4.78, 5) is 4.31. The van der Waals surface area contributed by atoms with Crippen LogP contribution in [0.25, 0.3) is 5.69 Å². The van der Waals surface area contributed by atoms with E-state index in [9.17, 15) is 0 Å². The Bertz CT molecular complexity index is 520. The first-order valence-corrected chi connectivity index (χ1v) is 6.31. The van der Waals surface area contributed by atoms with Crippen LogP contribution in [0.1, 0.15) is 26.1 Å². The molecule has 2 N–H and O–H groups in total. The summed E-state index contributed by atoms with van der Waals surface area (Å²) in [6, 6.07) is 5.84. The molecule has 0 amide bonds. The molecule has 1 aromatic carbocycles. The van der Waals surface area contributed by atoms with Gasteiger partial charge in [-0.1, -0.05) is 19.9 Å². The maximum atomic E-state index is 6.17. The second kappa shape index (κ2) is 5.58. The van der Waals surface area contributed by atoms with Crippen molar-refractivity contribution in [3.05, 3.63) is 36.4 Å². The highest BCUT2D eigenvalue weighted by Crippen LogP contribution is 2.29. The summed E-state index contributed by atoms with van der Waals surface area (Å²) >= 11 is 0. The van der Waals surface area contributed by atoms with Crippen molar-refractivity contribution in [2.24, 2.45) is 0 Å². The van der Waals surface area contributed by atoms with E-state index in [1.54, 1.807) is 6.20 Å². The molecule has 0 spiro atoms. The third-order valence-electron chi connectivity index (χ3n) is 2.80. The van der Waals surface area contributed by atoms with Crippen LogP contribution in [0.5, 0.6) is 5.75 Å². The van der Waals surface area contributed by atoms with E-state index in [2.05, 4.69) is 18.8 Å². The highest BCUT2D eigenvalue weighted by atomic mass is 16.5. The van der Waals surface area contributed by atoms with Crippen molar-refractivity contribution in [1.82, 2.24) is 9.55 Å². The summed E-state index contributed by atoms with van der Waals surface area (Å²) in [5, 5.41) is 0. The van der Waals surface area contributed by atoms with Crippen molar-refractivity contribution < 1.29 is 4.74 Å². The third-order valence-corrected chi connectivity index (χ3v) is 2.80. The van der Waals surface area contributed by atoms with E-state index in [0.717, 1.165) is 30.1 Å². The van der Waals surface area contributed by atoms with Gasteiger partial charge < -0.3 is 15.0 Å². The number of rotatable bonds is 5. The monoisotopic (exact) mass is 245 g/mol. The summed E-state index contributed by atoms with van der Waals surface area (Å²) in [6.07, 6.45) is 5.55. The van der Waals surface area contributed by atoms with Crippen molar-refractivity contribution in [2.75, 3.05) is 12.3 Å². The Morgan fingerprint density at radius 3 is 2.89 bits per heavy atom. The van der Waals surface area contributed by atoms with E-state index >= 15 is 0 Å². The number of benzene rings is 1. The zero-order valence-corrected chi connectivity index (χ0v) is 10.9. The molecule has 0 saturated carbocycles. The first kappa shape index (κ1) is 12.5. The summed E-state index contributed by atoms with van der Waals surface area (Å²) in [5.41, 5.74) is 7.76. The van der Waals surface area contributed by atoms with E-state index in [0.29, 0.717) is 12.3 Å². The molecule has 0 aliphatic heterocycles. The number of ether oxygens (including phenoxy) is 1. The van der Waals surface area contributed by atoms with Gasteiger partial charge in [0.25, 0.3) is 0 Å². The van der Waals surface area contributed by atoms with Gasteiger partial charge in [0.2, 0.25) is 0 Å². The SMILES string of the molecule is CCCOc1cccc(-n2ccnc2CC)c1N. The van der Waals surface area contributed by atoms with Crippen LogP contribution in [0.2, 0.25) is 0 Å². The van der Waals surface area contributed by atoms with Crippen LogP contribution in [-0.4, -0.2) is 16.2 Å². The van der Waals surface area contributed by atoms with Crippen LogP contribution >= 0.6 is 0 Å². The smallest absolute Gasteiger partial charge is 0.144 e. The molecule has 0 aliphatic rings. The molecule has 18 heavy (non-hydrogen) atoms. The summed E-state index contributed by atoms with van der Waals surface area (Å²) < 4.78 is 7.65. The average molecular weight is 245 g/mol. The predicted octanol–water partition coefficient (Wildman–Crippen LogP) is 2.81. The first-order valence-electron chi connectivity index (χ1n) is 6.31. The number of hydrogen-bond donors (Lipinski definition) is 1. The van der Waals surface area contributed by atoms with Crippen LogP contribution in [0.3, 0.4) is 0 Å². The molecule has 0 bridgehead atoms. The van der Waals surface area contributed by atoms with Gasteiger partial charge in [-0.2, -0.15) is 0 Å². The minimum atomic E-state index is 0.665. The van der Waals surface area contributed by atoms with Crippen LogP contribution < -0.4 is 10.5 Å². The number of nitrogen functional groups attached to an aromatic ring is 1. The molecule has 0 unspecified atom stereocenters. The van der Waals surface area contributed by atoms with E-state index in [-0.39, 0.29) is 0 Å². The van der Waals surface area contributed by atoms with Gasteiger partial charge in [0.05, 0.1) is 18.0 Å². The standard InChI is InChI=1S/C14H19N3O/c1-3-10-18-12-7-5-6-11(14(12)15)17-9-8-16-13(17)4-2/h5-9H,3-4,10,15H2,1-2H3. The lowest BCUT2D eigenvalue weighted by atomic mass is 10.2. The van der Waals surface area contributed by atoms with Gasteiger partial charge in [-0.3, -0.25) is 0 Å². The lowest BCUT2D eigenvalue weighted by Gasteiger charge is -2.13. The zero-order valence-electron chi connectivity index (χ0n) is 10.9. The van der Waals surface area contributed by atoms with E-state index < -0.39 is 0 Å². The van der Waals surface area contributed by atoms with Crippen LogP contribution in [0, 0.1) is 0 Å². The number of imidazole rings is 1. The fraction of sp³-hybridized carbons (Fsp3) is 0.357. The predicted molar refractivity (Wildman–Crippen MR) is 73.1 cm³/mol. The molecular weight excluding hydrogens is 226 g/mol. The lowest BCUT2D eigenvalue weighted by Crippen LogP contribution is -2.05. The molecule has 0 radical (unpaired) electrons. The molecule has 96 valence electrons. The minimum absolute atomic E-state index is 0.665. The fourth-order valence-electron chi connectivity index (χ4n) is 1.90. The quantitative estimate of drug-likeness (QED) is 0.824. The van der Waals surface area contributed by atoms with Crippen LogP contribution in [0.4, 0.5) is 5.69 Å². The van der Waals surface area contributed by atoms with Crippen LogP contribution in [-0.2, 0) is 6.42 Å². The van der Waals surface area contributed by atoms with Gasteiger partial charge in [0.15, 0.2) is 0 Å². The Hall–Kier alpha value is -1.97. The second-order valence-electron chi connectivity index (χ2n) is 4.10. The molecule has 0 atom stereocenters. The van der Waals surface area contributed by atoms with Gasteiger partial charge in [0, 0.05) is 18.8 Å².